The Hall–Kier alpha value is -1.19. The predicted molar refractivity (Wildman–Crippen MR) is 43.5 cm³/mol. The SMILES string of the molecule is CNC1=C(O)CC(C)(C)OC1=O. The van der Waals surface area contributed by atoms with Crippen LogP contribution in [0.15, 0.2) is 11.5 Å². The third-order valence-electron chi connectivity index (χ3n) is 1.70. The standard InChI is InChI=1S/C8H13NO3/c1-8(2)4-5(10)6(9-3)7(11)12-8/h9-10H,4H2,1-3H3. The maximum Gasteiger partial charge on any atom is 0.358 e. The van der Waals surface area contributed by atoms with Gasteiger partial charge in [0.2, 0.25) is 0 Å². The van der Waals surface area contributed by atoms with Gasteiger partial charge in [-0.05, 0) is 13.8 Å². The minimum absolute atomic E-state index is 0.0683. The number of cyclic esters (lactones) is 1. The summed E-state index contributed by atoms with van der Waals surface area (Å²) >= 11 is 0. The van der Waals surface area contributed by atoms with Crippen molar-refractivity contribution in [3.63, 3.8) is 0 Å². The number of ether oxygens (including phenoxy) is 1. The van der Waals surface area contributed by atoms with Crippen LogP contribution in [-0.2, 0) is 9.53 Å². The number of hydrogen-bond donors (Lipinski definition) is 2. The molecule has 0 fully saturated rings. The Morgan fingerprint density at radius 1 is 1.58 bits per heavy atom. The fraction of sp³-hybridized carbons (Fsp3) is 0.625. The molecule has 0 radical (unpaired) electrons. The van der Waals surface area contributed by atoms with Crippen LogP contribution in [0.25, 0.3) is 0 Å². The molecule has 4 heteroatoms. The van der Waals surface area contributed by atoms with Crippen LogP contribution in [0, 0.1) is 0 Å². The lowest BCUT2D eigenvalue weighted by Crippen LogP contribution is -2.37. The molecule has 1 aliphatic heterocycles. The number of carbonyl (C=O) groups excluding carboxylic acids is 1. The molecule has 0 atom stereocenters. The Labute approximate surface area is 71.2 Å². The van der Waals surface area contributed by atoms with Gasteiger partial charge in [-0.3, -0.25) is 0 Å². The van der Waals surface area contributed by atoms with Gasteiger partial charge in [0.1, 0.15) is 11.4 Å². The second-order valence-electron chi connectivity index (χ2n) is 3.40. The van der Waals surface area contributed by atoms with E-state index in [0.29, 0.717) is 6.42 Å². The van der Waals surface area contributed by atoms with E-state index in [9.17, 15) is 9.90 Å². The molecule has 2 N–H and O–H groups in total. The molecule has 68 valence electrons. The van der Waals surface area contributed by atoms with Gasteiger partial charge >= 0.3 is 5.97 Å². The maximum atomic E-state index is 11.1. The van der Waals surface area contributed by atoms with Crippen LogP contribution < -0.4 is 5.32 Å². The topological polar surface area (TPSA) is 58.6 Å². The molecule has 0 saturated heterocycles. The smallest absolute Gasteiger partial charge is 0.358 e. The Morgan fingerprint density at radius 3 is 2.58 bits per heavy atom. The fourth-order valence-electron chi connectivity index (χ4n) is 1.19. The highest BCUT2D eigenvalue weighted by Crippen LogP contribution is 2.26. The second-order valence-corrected chi connectivity index (χ2v) is 3.40. The first-order valence-corrected chi connectivity index (χ1v) is 3.79. The van der Waals surface area contributed by atoms with Crippen LogP contribution >= 0.6 is 0 Å². The zero-order valence-corrected chi connectivity index (χ0v) is 7.47. The highest BCUT2D eigenvalue weighted by molar-refractivity contribution is 5.89. The summed E-state index contributed by atoms with van der Waals surface area (Å²) in [5, 5.41) is 12.0. The molecular formula is C8H13NO3. The number of nitrogens with one attached hydrogen (secondary N) is 1. The molecule has 4 nitrogen and oxygen atoms in total. The number of hydrogen-bond acceptors (Lipinski definition) is 4. The van der Waals surface area contributed by atoms with E-state index in [-0.39, 0.29) is 11.5 Å². The van der Waals surface area contributed by atoms with E-state index in [1.54, 1.807) is 20.9 Å². The Balaban J connectivity index is 2.95. The second kappa shape index (κ2) is 2.69. The van der Waals surface area contributed by atoms with Gasteiger partial charge in [-0.25, -0.2) is 4.79 Å². The quantitative estimate of drug-likeness (QED) is 0.570. The number of aliphatic hydroxyl groups excluding tert-OH is 1. The van der Waals surface area contributed by atoms with Gasteiger partial charge in [-0.2, -0.15) is 0 Å². The molecular weight excluding hydrogens is 158 g/mol. The van der Waals surface area contributed by atoms with E-state index in [4.69, 9.17) is 4.74 Å². The third-order valence-corrected chi connectivity index (χ3v) is 1.70. The summed E-state index contributed by atoms with van der Waals surface area (Å²) in [4.78, 5) is 11.1. The molecule has 0 saturated carbocycles. The maximum absolute atomic E-state index is 11.1. The normalized spacial score (nSPS) is 22.1. The molecule has 0 aromatic rings. The van der Waals surface area contributed by atoms with Crippen molar-refractivity contribution in [3.8, 4) is 0 Å². The van der Waals surface area contributed by atoms with Crippen LogP contribution in [0.3, 0.4) is 0 Å². The average molecular weight is 171 g/mol. The van der Waals surface area contributed by atoms with Crippen LogP contribution in [0.4, 0.5) is 0 Å². The van der Waals surface area contributed by atoms with E-state index < -0.39 is 11.6 Å². The monoisotopic (exact) mass is 171 g/mol. The lowest BCUT2D eigenvalue weighted by atomic mass is 10.00. The van der Waals surface area contributed by atoms with Gasteiger partial charge in [-0.1, -0.05) is 0 Å². The Kier molecular flexibility index (Phi) is 2.00. The minimum Gasteiger partial charge on any atom is -0.510 e. The molecule has 0 aromatic heterocycles. The predicted octanol–water partition coefficient (Wildman–Crippen LogP) is 0.701. The van der Waals surface area contributed by atoms with E-state index in [2.05, 4.69) is 5.32 Å². The first-order chi connectivity index (χ1) is 5.46. The summed E-state index contributed by atoms with van der Waals surface area (Å²) in [6, 6.07) is 0. The third kappa shape index (κ3) is 1.52. The van der Waals surface area contributed by atoms with E-state index in [1.165, 1.54) is 0 Å². The van der Waals surface area contributed by atoms with Crippen molar-refractivity contribution < 1.29 is 14.6 Å². The first-order valence-electron chi connectivity index (χ1n) is 3.79. The summed E-state index contributed by atoms with van der Waals surface area (Å²) in [6.07, 6.45) is 0.356. The zero-order valence-electron chi connectivity index (χ0n) is 7.47. The summed E-state index contributed by atoms with van der Waals surface area (Å²) in [5.41, 5.74) is -0.434. The number of carbonyl (C=O) groups is 1. The fourth-order valence-corrected chi connectivity index (χ4v) is 1.19. The van der Waals surface area contributed by atoms with Gasteiger partial charge in [0.15, 0.2) is 5.70 Å². The van der Waals surface area contributed by atoms with Crippen LogP contribution in [0.1, 0.15) is 20.3 Å². The molecule has 0 aromatic carbocycles. The largest absolute Gasteiger partial charge is 0.510 e. The lowest BCUT2D eigenvalue weighted by molar-refractivity contribution is -0.155. The highest BCUT2D eigenvalue weighted by Gasteiger charge is 2.33. The number of likely N-dealkylation sites (N-methyl/N-ethyl adjacent to an activating group) is 1. The van der Waals surface area contributed by atoms with Gasteiger partial charge in [-0.15, -0.1) is 0 Å². The van der Waals surface area contributed by atoms with Crippen molar-refractivity contribution in [2.75, 3.05) is 7.05 Å². The van der Waals surface area contributed by atoms with Crippen molar-refractivity contribution in [2.45, 2.75) is 25.9 Å². The van der Waals surface area contributed by atoms with Crippen LogP contribution in [0.5, 0.6) is 0 Å². The molecule has 0 spiro atoms. The zero-order chi connectivity index (χ0) is 9.35. The molecule has 1 rings (SSSR count). The van der Waals surface area contributed by atoms with Crippen molar-refractivity contribution >= 4 is 5.97 Å². The first kappa shape index (κ1) is 8.90. The molecule has 0 unspecified atom stereocenters. The summed E-state index contributed by atoms with van der Waals surface area (Å²) in [6.45, 7) is 3.51. The van der Waals surface area contributed by atoms with Crippen molar-refractivity contribution in [2.24, 2.45) is 0 Å². The summed E-state index contributed by atoms with van der Waals surface area (Å²) in [7, 11) is 1.57. The molecule has 1 aliphatic rings. The van der Waals surface area contributed by atoms with E-state index in [0.717, 1.165) is 0 Å². The molecule has 0 aliphatic carbocycles. The molecule has 1 heterocycles. The molecule has 0 amide bonds. The van der Waals surface area contributed by atoms with Gasteiger partial charge < -0.3 is 15.2 Å². The summed E-state index contributed by atoms with van der Waals surface area (Å²) < 4.78 is 5.03. The van der Waals surface area contributed by atoms with Crippen LogP contribution in [-0.4, -0.2) is 23.7 Å². The van der Waals surface area contributed by atoms with Crippen molar-refractivity contribution in [3.05, 3.63) is 11.5 Å². The van der Waals surface area contributed by atoms with Crippen LogP contribution in [0.2, 0.25) is 0 Å². The van der Waals surface area contributed by atoms with E-state index in [1.807, 2.05) is 0 Å². The number of esters is 1. The van der Waals surface area contributed by atoms with Crippen molar-refractivity contribution in [1.29, 1.82) is 0 Å². The highest BCUT2D eigenvalue weighted by atomic mass is 16.6. The number of rotatable bonds is 1. The Morgan fingerprint density at radius 2 is 2.17 bits per heavy atom. The van der Waals surface area contributed by atoms with Crippen molar-refractivity contribution in [1.82, 2.24) is 5.32 Å². The molecule has 0 bridgehead atoms. The van der Waals surface area contributed by atoms with Gasteiger partial charge in [0.05, 0.1) is 0 Å². The lowest BCUT2D eigenvalue weighted by Gasteiger charge is -2.30. The van der Waals surface area contributed by atoms with E-state index >= 15 is 0 Å². The molecule has 12 heavy (non-hydrogen) atoms. The number of aliphatic hydroxyl groups is 1. The average Bonchev–Trinajstić information content (AvgIpc) is 1.82. The Bertz CT molecular complexity index is 243. The summed E-state index contributed by atoms with van der Waals surface area (Å²) in [5.74, 6) is -0.426. The van der Waals surface area contributed by atoms with Gasteiger partial charge in [0, 0.05) is 13.5 Å². The van der Waals surface area contributed by atoms with Gasteiger partial charge in [0.25, 0.3) is 0 Å². The minimum atomic E-state index is -0.596.